The van der Waals surface area contributed by atoms with E-state index >= 15 is 0 Å². The van der Waals surface area contributed by atoms with Gasteiger partial charge in [0.15, 0.2) is 0 Å². The number of nitrogens with zero attached hydrogens (tertiary/aromatic N) is 2. The van der Waals surface area contributed by atoms with Crippen LogP contribution in [-0.4, -0.2) is 44.3 Å². The molecule has 0 aromatic heterocycles. The fourth-order valence-corrected chi connectivity index (χ4v) is 6.51. The summed E-state index contributed by atoms with van der Waals surface area (Å²) in [6, 6.07) is 30.2. The van der Waals surface area contributed by atoms with Gasteiger partial charge in [0.1, 0.15) is 12.6 Å². The molecule has 0 aliphatic carbocycles. The average Bonchev–Trinajstić information content (AvgIpc) is 3.03. The quantitative estimate of drug-likeness (QED) is 0.185. The Bertz CT molecular complexity index is 1620. The number of anilines is 1. The van der Waals surface area contributed by atoms with Crippen LogP contribution in [0.15, 0.2) is 114 Å². The first-order chi connectivity index (χ1) is 20.7. The number of hydrogen-bond donors (Lipinski definition) is 1. The molecule has 0 aliphatic rings. The lowest BCUT2D eigenvalue weighted by molar-refractivity contribution is -0.140. The number of amides is 2. The van der Waals surface area contributed by atoms with Crippen LogP contribution in [0.5, 0.6) is 0 Å². The number of halogens is 2. The van der Waals surface area contributed by atoms with Gasteiger partial charge < -0.3 is 10.2 Å². The van der Waals surface area contributed by atoms with Gasteiger partial charge in [-0.15, -0.1) is 0 Å². The molecule has 0 spiro atoms. The third kappa shape index (κ3) is 8.16. The Balaban J connectivity index is 1.80. The Morgan fingerprint density at radius 3 is 1.98 bits per heavy atom. The van der Waals surface area contributed by atoms with Crippen LogP contribution in [0.25, 0.3) is 0 Å². The maximum absolute atomic E-state index is 14.4. The van der Waals surface area contributed by atoms with E-state index in [1.54, 1.807) is 24.3 Å². The summed E-state index contributed by atoms with van der Waals surface area (Å²) in [5.74, 6) is -0.903. The lowest BCUT2D eigenvalue weighted by atomic mass is 10.0. The molecule has 1 atom stereocenters. The topological polar surface area (TPSA) is 86.8 Å². The minimum absolute atomic E-state index is 0.00685. The molecule has 0 aliphatic heterocycles. The van der Waals surface area contributed by atoms with E-state index in [2.05, 4.69) is 5.32 Å². The minimum atomic E-state index is -4.27. The number of sulfonamides is 1. The van der Waals surface area contributed by atoms with Gasteiger partial charge in [-0.2, -0.15) is 0 Å². The standard InChI is InChI=1S/C33H33Cl2N3O4S/c1-2-21-36-33(40)30(22-25-13-6-3-7-14-25)37(23-26-15-8-4-9-16-26)31(39)24-38(29-20-12-19-28(34)32(29)35)43(41,42)27-17-10-5-11-18-27/h3-20,30H,2,21-24H2,1H3,(H,36,40)/t30-/m1/s1. The van der Waals surface area contributed by atoms with Gasteiger partial charge in [0, 0.05) is 19.5 Å². The zero-order valence-electron chi connectivity index (χ0n) is 23.7. The number of benzene rings is 4. The molecule has 4 rings (SSSR count). The van der Waals surface area contributed by atoms with Crippen LogP contribution >= 0.6 is 23.2 Å². The third-order valence-corrected chi connectivity index (χ3v) is 9.41. The van der Waals surface area contributed by atoms with Crippen molar-refractivity contribution in [3.05, 3.63) is 130 Å². The Labute approximate surface area is 263 Å². The van der Waals surface area contributed by atoms with Crippen LogP contribution in [0, 0.1) is 0 Å². The first kappa shape index (κ1) is 32.1. The maximum Gasteiger partial charge on any atom is 0.264 e. The number of carbonyl (C=O) groups excluding carboxylic acids is 2. The Kier molecular flexibility index (Phi) is 11.2. The second-order valence-corrected chi connectivity index (χ2v) is 12.5. The fourth-order valence-electron chi connectivity index (χ4n) is 4.62. The fraction of sp³-hybridized carbons (Fsp3) is 0.212. The zero-order valence-corrected chi connectivity index (χ0v) is 26.0. The molecule has 0 fully saturated rings. The van der Waals surface area contributed by atoms with Crippen molar-refractivity contribution in [1.82, 2.24) is 10.2 Å². The molecular formula is C33H33Cl2N3O4S. The molecular weight excluding hydrogens is 605 g/mol. The molecule has 224 valence electrons. The van der Waals surface area contributed by atoms with E-state index in [0.29, 0.717) is 13.0 Å². The lowest BCUT2D eigenvalue weighted by Gasteiger charge is -2.34. The van der Waals surface area contributed by atoms with Crippen LogP contribution in [0.3, 0.4) is 0 Å². The summed E-state index contributed by atoms with van der Waals surface area (Å²) in [6.07, 6.45) is 0.950. The molecule has 4 aromatic rings. The molecule has 4 aromatic carbocycles. The van der Waals surface area contributed by atoms with Crippen LogP contribution in [0.1, 0.15) is 24.5 Å². The van der Waals surface area contributed by atoms with E-state index in [9.17, 15) is 18.0 Å². The smallest absolute Gasteiger partial charge is 0.264 e. The molecule has 0 bridgehead atoms. The Morgan fingerprint density at radius 2 is 1.37 bits per heavy atom. The molecule has 2 amide bonds. The maximum atomic E-state index is 14.4. The second kappa shape index (κ2) is 15.0. The van der Waals surface area contributed by atoms with E-state index in [0.717, 1.165) is 15.4 Å². The van der Waals surface area contributed by atoms with Crippen molar-refractivity contribution in [2.45, 2.75) is 37.2 Å². The predicted molar refractivity (Wildman–Crippen MR) is 172 cm³/mol. The van der Waals surface area contributed by atoms with Crippen molar-refractivity contribution in [2.75, 3.05) is 17.4 Å². The number of nitrogens with one attached hydrogen (secondary N) is 1. The summed E-state index contributed by atoms with van der Waals surface area (Å²) in [5.41, 5.74) is 1.70. The lowest BCUT2D eigenvalue weighted by Crippen LogP contribution is -2.53. The highest BCUT2D eigenvalue weighted by Crippen LogP contribution is 2.35. The molecule has 0 radical (unpaired) electrons. The third-order valence-electron chi connectivity index (χ3n) is 6.83. The van der Waals surface area contributed by atoms with Gasteiger partial charge in [0.2, 0.25) is 11.8 Å². The molecule has 0 unspecified atom stereocenters. The van der Waals surface area contributed by atoms with Crippen molar-refractivity contribution in [1.29, 1.82) is 0 Å². The molecule has 7 nitrogen and oxygen atoms in total. The molecule has 10 heteroatoms. The van der Waals surface area contributed by atoms with Gasteiger partial charge in [0.25, 0.3) is 10.0 Å². The van der Waals surface area contributed by atoms with Crippen LogP contribution in [-0.2, 0) is 32.6 Å². The van der Waals surface area contributed by atoms with Crippen molar-refractivity contribution in [3.8, 4) is 0 Å². The van der Waals surface area contributed by atoms with Crippen molar-refractivity contribution < 1.29 is 18.0 Å². The highest BCUT2D eigenvalue weighted by Gasteiger charge is 2.35. The highest BCUT2D eigenvalue weighted by atomic mass is 35.5. The Hall–Kier alpha value is -3.85. The first-order valence-corrected chi connectivity index (χ1v) is 16.1. The number of rotatable bonds is 13. The zero-order chi connectivity index (χ0) is 30.8. The van der Waals surface area contributed by atoms with Gasteiger partial charge >= 0.3 is 0 Å². The SMILES string of the molecule is CCCNC(=O)[C@@H](Cc1ccccc1)N(Cc1ccccc1)C(=O)CN(c1cccc(Cl)c1Cl)S(=O)(=O)c1ccccc1. The van der Waals surface area contributed by atoms with Gasteiger partial charge in [-0.25, -0.2) is 8.42 Å². The summed E-state index contributed by atoms with van der Waals surface area (Å²) < 4.78 is 29.0. The van der Waals surface area contributed by atoms with Crippen LogP contribution in [0.2, 0.25) is 10.0 Å². The summed E-state index contributed by atoms with van der Waals surface area (Å²) in [7, 11) is -4.27. The summed E-state index contributed by atoms with van der Waals surface area (Å²) in [6.45, 7) is 1.85. The van der Waals surface area contributed by atoms with Crippen molar-refractivity contribution >= 4 is 50.7 Å². The largest absolute Gasteiger partial charge is 0.354 e. The first-order valence-electron chi connectivity index (χ1n) is 13.9. The van der Waals surface area contributed by atoms with Gasteiger partial charge in [-0.3, -0.25) is 13.9 Å². The minimum Gasteiger partial charge on any atom is -0.354 e. The van der Waals surface area contributed by atoms with E-state index < -0.39 is 28.5 Å². The van der Waals surface area contributed by atoms with Gasteiger partial charge in [-0.1, -0.05) is 115 Å². The van der Waals surface area contributed by atoms with E-state index in [1.807, 2.05) is 67.6 Å². The summed E-state index contributed by atoms with van der Waals surface area (Å²) in [4.78, 5) is 29.4. The molecule has 1 N–H and O–H groups in total. The predicted octanol–water partition coefficient (Wildman–Crippen LogP) is 6.36. The van der Waals surface area contributed by atoms with Crippen LogP contribution in [0.4, 0.5) is 5.69 Å². The van der Waals surface area contributed by atoms with Crippen molar-refractivity contribution in [3.63, 3.8) is 0 Å². The second-order valence-electron chi connectivity index (χ2n) is 9.90. The molecule has 0 saturated heterocycles. The average molecular weight is 639 g/mol. The van der Waals surface area contributed by atoms with E-state index in [1.165, 1.54) is 29.2 Å². The van der Waals surface area contributed by atoms with Gasteiger partial charge in [-0.05, 0) is 41.8 Å². The Morgan fingerprint density at radius 1 is 0.791 bits per heavy atom. The van der Waals surface area contributed by atoms with E-state index in [4.69, 9.17) is 23.2 Å². The van der Waals surface area contributed by atoms with Crippen LogP contribution < -0.4 is 9.62 Å². The monoisotopic (exact) mass is 637 g/mol. The normalized spacial score (nSPS) is 11.9. The number of carbonyl (C=O) groups is 2. The summed E-state index contributed by atoms with van der Waals surface area (Å²) in [5, 5.41) is 3.06. The number of hydrogen-bond acceptors (Lipinski definition) is 4. The van der Waals surface area contributed by atoms with E-state index in [-0.39, 0.29) is 39.5 Å². The molecule has 43 heavy (non-hydrogen) atoms. The summed E-state index contributed by atoms with van der Waals surface area (Å²) >= 11 is 12.8. The van der Waals surface area contributed by atoms with Crippen molar-refractivity contribution in [2.24, 2.45) is 0 Å². The highest BCUT2D eigenvalue weighted by molar-refractivity contribution is 7.92. The molecule has 0 saturated carbocycles. The van der Waals surface area contributed by atoms with Gasteiger partial charge in [0.05, 0.1) is 20.6 Å². The molecule has 0 heterocycles.